The summed E-state index contributed by atoms with van der Waals surface area (Å²) in [5, 5.41) is 2.28. The highest BCUT2D eigenvalue weighted by Crippen LogP contribution is 2.36. The number of rotatable bonds is 6. The fraction of sp³-hybridized carbons (Fsp3) is 0.389. The number of hydrogen-bond donors (Lipinski definition) is 1. The minimum Gasteiger partial charge on any atom is -0.369 e. The van der Waals surface area contributed by atoms with Crippen molar-refractivity contribution in [1.29, 1.82) is 0 Å². The number of benzene rings is 2. The predicted molar refractivity (Wildman–Crippen MR) is 88.3 cm³/mol. The van der Waals surface area contributed by atoms with Crippen molar-refractivity contribution in [2.75, 3.05) is 20.6 Å². The molecule has 0 radical (unpaired) electrons. The molecule has 0 aliphatic heterocycles. The maximum atomic E-state index is 12.3. The van der Waals surface area contributed by atoms with Crippen molar-refractivity contribution in [3.8, 4) is 0 Å². The Hall–Kier alpha value is -1.87. The standard InChI is InChI=1S/C18H24N2O/c1-4-18(17(19)21,12-13-20(2)3)16-11-7-9-14-8-5-6-10-15(14)16/h5-11H,4,12-13H2,1-3H3,(H2,19,21). The normalized spacial score (nSPS) is 14.3. The van der Waals surface area contributed by atoms with Crippen LogP contribution in [0.25, 0.3) is 10.8 Å². The van der Waals surface area contributed by atoms with Gasteiger partial charge in [0.15, 0.2) is 0 Å². The second kappa shape index (κ2) is 6.27. The van der Waals surface area contributed by atoms with Gasteiger partial charge in [-0.2, -0.15) is 0 Å². The van der Waals surface area contributed by atoms with E-state index in [4.69, 9.17) is 5.73 Å². The average molecular weight is 284 g/mol. The summed E-state index contributed by atoms with van der Waals surface area (Å²) < 4.78 is 0. The monoisotopic (exact) mass is 284 g/mol. The molecule has 0 aromatic heterocycles. The Morgan fingerprint density at radius 1 is 1.14 bits per heavy atom. The van der Waals surface area contributed by atoms with Crippen LogP contribution in [0, 0.1) is 0 Å². The third-order valence-corrected chi connectivity index (χ3v) is 4.37. The van der Waals surface area contributed by atoms with Gasteiger partial charge in [-0.05, 0) is 49.8 Å². The first-order valence-corrected chi connectivity index (χ1v) is 7.44. The van der Waals surface area contributed by atoms with E-state index in [1.807, 2.05) is 45.3 Å². The number of nitrogens with zero attached hydrogens (tertiary/aromatic N) is 1. The molecule has 1 atom stereocenters. The van der Waals surface area contributed by atoms with Gasteiger partial charge in [-0.3, -0.25) is 4.79 Å². The Bertz CT molecular complexity index is 631. The molecule has 0 aliphatic rings. The average Bonchev–Trinajstić information content (AvgIpc) is 2.48. The van der Waals surface area contributed by atoms with E-state index in [0.29, 0.717) is 6.42 Å². The SMILES string of the molecule is CCC(CCN(C)C)(C(N)=O)c1cccc2ccccc12. The lowest BCUT2D eigenvalue weighted by molar-refractivity contribution is -0.124. The fourth-order valence-electron chi connectivity index (χ4n) is 2.99. The van der Waals surface area contributed by atoms with Crippen LogP contribution in [0.1, 0.15) is 25.3 Å². The third kappa shape index (κ3) is 2.93. The van der Waals surface area contributed by atoms with Crippen LogP contribution in [-0.2, 0) is 10.2 Å². The van der Waals surface area contributed by atoms with Gasteiger partial charge in [0.05, 0.1) is 5.41 Å². The molecule has 3 heteroatoms. The fourth-order valence-corrected chi connectivity index (χ4v) is 2.99. The van der Waals surface area contributed by atoms with Crippen LogP contribution < -0.4 is 5.73 Å². The van der Waals surface area contributed by atoms with Crippen molar-refractivity contribution in [2.45, 2.75) is 25.2 Å². The molecule has 0 bridgehead atoms. The summed E-state index contributed by atoms with van der Waals surface area (Å²) in [4.78, 5) is 14.4. The molecule has 2 aromatic carbocycles. The molecule has 2 rings (SSSR count). The van der Waals surface area contributed by atoms with E-state index in [0.717, 1.165) is 29.3 Å². The number of amides is 1. The highest BCUT2D eigenvalue weighted by Gasteiger charge is 2.37. The largest absolute Gasteiger partial charge is 0.369 e. The van der Waals surface area contributed by atoms with Crippen LogP contribution in [0.2, 0.25) is 0 Å². The first-order valence-electron chi connectivity index (χ1n) is 7.44. The zero-order valence-corrected chi connectivity index (χ0v) is 13.1. The number of primary amides is 1. The van der Waals surface area contributed by atoms with Crippen LogP contribution in [0.3, 0.4) is 0 Å². The molecule has 1 amide bonds. The maximum Gasteiger partial charge on any atom is 0.228 e. The maximum absolute atomic E-state index is 12.3. The van der Waals surface area contributed by atoms with Gasteiger partial charge in [0.25, 0.3) is 0 Å². The van der Waals surface area contributed by atoms with Gasteiger partial charge >= 0.3 is 0 Å². The molecule has 2 aromatic rings. The summed E-state index contributed by atoms with van der Waals surface area (Å²) in [7, 11) is 4.04. The van der Waals surface area contributed by atoms with Crippen molar-refractivity contribution in [3.63, 3.8) is 0 Å². The second-order valence-electron chi connectivity index (χ2n) is 5.88. The summed E-state index contributed by atoms with van der Waals surface area (Å²) in [6.45, 7) is 2.88. The van der Waals surface area contributed by atoms with Gasteiger partial charge in [0, 0.05) is 0 Å². The van der Waals surface area contributed by atoms with E-state index in [1.54, 1.807) is 0 Å². The lowest BCUT2D eigenvalue weighted by atomic mass is 9.73. The Morgan fingerprint density at radius 3 is 2.43 bits per heavy atom. The van der Waals surface area contributed by atoms with Gasteiger partial charge in [0.2, 0.25) is 5.91 Å². The number of hydrogen-bond acceptors (Lipinski definition) is 2. The van der Waals surface area contributed by atoms with Crippen LogP contribution in [0.5, 0.6) is 0 Å². The molecule has 1 unspecified atom stereocenters. The van der Waals surface area contributed by atoms with E-state index in [-0.39, 0.29) is 5.91 Å². The summed E-state index contributed by atoms with van der Waals surface area (Å²) in [5.41, 5.74) is 6.28. The number of carbonyl (C=O) groups is 1. The first kappa shape index (κ1) is 15.5. The highest BCUT2D eigenvalue weighted by molar-refractivity contribution is 5.95. The van der Waals surface area contributed by atoms with E-state index in [2.05, 4.69) is 23.1 Å². The molecule has 21 heavy (non-hydrogen) atoms. The summed E-state index contributed by atoms with van der Waals surface area (Å²) in [6.07, 6.45) is 1.45. The lowest BCUT2D eigenvalue weighted by Gasteiger charge is -2.32. The molecule has 3 nitrogen and oxygen atoms in total. The molecule has 0 saturated heterocycles. The van der Waals surface area contributed by atoms with E-state index in [9.17, 15) is 4.79 Å². The third-order valence-electron chi connectivity index (χ3n) is 4.37. The molecule has 0 fully saturated rings. The van der Waals surface area contributed by atoms with E-state index in [1.165, 1.54) is 0 Å². The van der Waals surface area contributed by atoms with Crippen molar-refractivity contribution < 1.29 is 4.79 Å². The van der Waals surface area contributed by atoms with Crippen LogP contribution in [0.15, 0.2) is 42.5 Å². The Balaban J connectivity index is 2.60. The molecular formula is C18H24N2O. The summed E-state index contributed by atoms with van der Waals surface area (Å²) in [5.74, 6) is -0.233. The summed E-state index contributed by atoms with van der Waals surface area (Å²) >= 11 is 0. The number of fused-ring (bicyclic) bond motifs is 1. The number of nitrogens with two attached hydrogens (primary N) is 1. The van der Waals surface area contributed by atoms with Crippen molar-refractivity contribution in [2.24, 2.45) is 5.73 Å². The zero-order chi connectivity index (χ0) is 15.5. The zero-order valence-electron chi connectivity index (χ0n) is 13.1. The molecule has 0 heterocycles. The van der Waals surface area contributed by atoms with Crippen LogP contribution in [0.4, 0.5) is 0 Å². The van der Waals surface area contributed by atoms with E-state index >= 15 is 0 Å². The predicted octanol–water partition coefficient (Wildman–Crippen LogP) is 2.92. The van der Waals surface area contributed by atoms with Gasteiger partial charge in [-0.25, -0.2) is 0 Å². The van der Waals surface area contributed by atoms with Crippen LogP contribution in [-0.4, -0.2) is 31.4 Å². The van der Waals surface area contributed by atoms with Crippen LogP contribution >= 0.6 is 0 Å². The first-order chi connectivity index (χ1) is 10.0. The summed E-state index contributed by atoms with van der Waals surface area (Å²) in [6, 6.07) is 14.3. The minimum absolute atomic E-state index is 0.233. The van der Waals surface area contributed by atoms with E-state index < -0.39 is 5.41 Å². The molecule has 112 valence electrons. The highest BCUT2D eigenvalue weighted by atomic mass is 16.1. The Morgan fingerprint density at radius 2 is 1.81 bits per heavy atom. The number of carbonyl (C=O) groups excluding carboxylic acids is 1. The molecule has 2 N–H and O–H groups in total. The van der Waals surface area contributed by atoms with Crippen molar-refractivity contribution >= 4 is 16.7 Å². The molecule has 0 saturated carbocycles. The van der Waals surface area contributed by atoms with Gasteiger partial charge < -0.3 is 10.6 Å². The topological polar surface area (TPSA) is 46.3 Å². The van der Waals surface area contributed by atoms with Gasteiger partial charge in [0.1, 0.15) is 0 Å². The lowest BCUT2D eigenvalue weighted by Crippen LogP contribution is -2.43. The van der Waals surface area contributed by atoms with Gasteiger partial charge in [-0.15, -0.1) is 0 Å². The van der Waals surface area contributed by atoms with Gasteiger partial charge in [-0.1, -0.05) is 49.4 Å². The van der Waals surface area contributed by atoms with Crippen molar-refractivity contribution in [1.82, 2.24) is 4.90 Å². The second-order valence-corrected chi connectivity index (χ2v) is 5.88. The quantitative estimate of drug-likeness (QED) is 0.886. The minimum atomic E-state index is -0.606. The molecular weight excluding hydrogens is 260 g/mol. The Kier molecular flexibility index (Phi) is 4.63. The Labute approximate surface area is 126 Å². The smallest absolute Gasteiger partial charge is 0.228 e. The molecule has 0 aliphatic carbocycles. The van der Waals surface area contributed by atoms with Crippen molar-refractivity contribution in [3.05, 3.63) is 48.0 Å². The molecule has 0 spiro atoms.